The van der Waals surface area contributed by atoms with Crippen LogP contribution in [0.25, 0.3) is 28.3 Å². The van der Waals surface area contributed by atoms with Crippen LogP contribution >= 0.6 is 11.8 Å². The first-order valence-corrected chi connectivity index (χ1v) is 46.5. The zero-order valence-electron chi connectivity index (χ0n) is 69.5. The Morgan fingerprint density at radius 3 is 2.12 bits per heavy atom. The van der Waals surface area contributed by atoms with Gasteiger partial charge in [0.05, 0.1) is 5.41 Å². The van der Waals surface area contributed by atoms with Crippen LogP contribution in [-0.4, -0.2) is 39.8 Å². The number of anilines is 1. The summed E-state index contributed by atoms with van der Waals surface area (Å²) in [5.74, 6) is 4.61. The smallest absolute Gasteiger partial charge is 0.122 e. The first-order valence-electron chi connectivity index (χ1n) is 45.5. The van der Waals surface area contributed by atoms with Gasteiger partial charge in [-0.05, 0) is 314 Å². The highest BCUT2D eigenvalue weighted by atomic mass is 32.2. The third kappa shape index (κ3) is 14.4. The molecule has 1 heterocycles. The summed E-state index contributed by atoms with van der Waals surface area (Å²) in [4.78, 5) is 5.57. The molecular formula is C114H110F2N2O2S. The lowest BCUT2D eigenvalue weighted by atomic mass is 9.58. The van der Waals surface area contributed by atoms with Gasteiger partial charge in [0, 0.05) is 87.4 Å². The minimum atomic E-state index is -0.926. The first kappa shape index (κ1) is 77.6. The van der Waals surface area contributed by atoms with Crippen molar-refractivity contribution < 1.29 is 18.3 Å². The van der Waals surface area contributed by atoms with E-state index in [9.17, 15) is 8.78 Å². The molecule has 1 aliphatic heterocycles. The molecule has 17 aliphatic rings. The molecule has 608 valence electrons. The van der Waals surface area contributed by atoms with Gasteiger partial charge < -0.3 is 19.3 Å². The summed E-state index contributed by atoms with van der Waals surface area (Å²) in [5, 5.41) is 0.501. The quantitative estimate of drug-likeness (QED) is 0.0822. The second kappa shape index (κ2) is 33.3. The van der Waals surface area contributed by atoms with Crippen LogP contribution in [0.3, 0.4) is 0 Å². The van der Waals surface area contributed by atoms with E-state index >= 15 is 0 Å². The summed E-state index contributed by atoms with van der Waals surface area (Å²) in [6, 6.07) is 34.4. The van der Waals surface area contributed by atoms with E-state index in [2.05, 4.69) is 314 Å². The van der Waals surface area contributed by atoms with E-state index < -0.39 is 11.6 Å². The number of hydrogen-bond donors (Lipinski definition) is 0. The molecule has 121 heavy (non-hydrogen) atoms. The lowest BCUT2D eigenvalue weighted by molar-refractivity contribution is 0.163. The molecule has 1 saturated heterocycles. The van der Waals surface area contributed by atoms with Crippen molar-refractivity contribution in [1.29, 1.82) is 0 Å². The van der Waals surface area contributed by atoms with E-state index in [1.165, 1.54) is 96.2 Å². The molecule has 16 unspecified atom stereocenters. The number of hydrogen-bond acceptors (Lipinski definition) is 5. The maximum atomic E-state index is 14.4. The third-order valence-corrected chi connectivity index (χ3v) is 31.3. The second-order valence-corrected chi connectivity index (χ2v) is 37.7. The number of allylic oxidation sites excluding steroid dienone is 41. The zero-order valence-corrected chi connectivity index (χ0v) is 70.4. The molecule has 0 saturated carbocycles. The molecule has 0 bridgehead atoms. The molecule has 0 spiro atoms. The van der Waals surface area contributed by atoms with E-state index in [0.717, 1.165) is 144 Å². The lowest BCUT2D eigenvalue weighted by Gasteiger charge is -2.47. The van der Waals surface area contributed by atoms with Crippen LogP contribution in [0.4, 0.5) is 14.5 Å². The minimum absolute atomic E-state index is 0.0584. The highest BCUT2D eigenvalue weighted by Crippen LogP contribution is 2.67. The van der Waals surface area contributed by atoms with Crippen LogP contribution in [0.1, 0.15) is 156 Å². The molecule has 1 fully saturated rings. The number of fused-ring (bicyclic) bond motifs is 8. The number of benzene rings is 4. The van der Waals surface area contributed by atoms with Gasteiger partial charge >= 0.3 is 0 Å². The molecule has 0 aromatic heterocycles. The van der Waals surface area contributed by atoms with Crippen molar-refractivity contribution in [3.63, 3.8) is 0 Å². The molecule has 7 heteroatoms. The van der Waals surface area contributed by atoms with Crippen molar-refractivity contribution in [3.05, 3.63) is 424 Å². The molecule has 4 aromatic rings. The van der Waals surface area contributed by atoms with Crippen molar-refractivity contribution in [2.45, 2.75) is 169 Å². The van der Waals surface area contributed by atoms with Gasteiger partial charge in [-0.3, -0.25) is 0 Å². The number of halogens is 2. The summed E-state index contributed by atoms with van der Waals surface area (Å²) < 4.78 is 42.3. The summed E-state index contributed by atoms with van der Waals surface area (Å²) in [7, 11) is 0. The van der Waals surface area contributed by atoms with Gasteiger partial charge in [-0.2, -0.15) is 0 Å². The average molecular weight is 1610 g/mol. The number of rotatable bonds is 20. The van der Waals surface area contributed by atoms with Crippen LogP contribution in [0.15, 0.2) is 396 Å². The van der Waals surface area contributed by atoms with Gasteiger partial charge in [0.1, 0.15) is 35.7 Å². The van der Waals surface area contributed by atoms with Crippen LogP contribution in [0, 0.1) is 52.8 Å². The summed E-state index contributed by atoms with van der Waals surface area (Å²) in [6.45, 7) is 8.06. The van der Waals surface area contributed by atoms with Gasteiger partial charge in [0.15, 0.2) is 0 Å². The van der Waals surface area contributed by atoms with Crippen LogP contribution in [0.5, 0.6) is 5.75 Å². The lowest BCUT2D eigenvalue weighted by Crippen LogP contribution is -2.41. The van der Waals surface area contributed by atoms with Crippen molar-refractivity contribution >= 4 is 34.7 Å². The Balaban J connectivity index is 0.638. The molecule has 0 amide bonds. The monoisotopic (exact) mass is 1610 g/mol. The fourth-order valence-corrected chi connectivity index (χ4v) is 25.6. The molecule has 16 atom stereocenters. The van der Waals surface area contributed by atoms with E-state index in [1.807, 2.05) is 18.2 Å². The maximum Gasteiger partial charge on any atom is 0.122 e. The minimum Gasteiger partial charge on any atom is -0.486 e. The summed E-state index contributed by atoms with van der Waals surface area (Å²) in [5.41, 5.74) is 27.5. The normalized spacial score (nSPS) is 31.9. The number of alkyl halides is 1. The van der Waals surface area contributed by atoms with Gasteiger partial charge in [0.25, 0.3) is 0 Å². The molecule has 0 N–H and O–H groups in total. The van der Waals surface area contributed by atoms with Gasteiger partial charge in [-0.1, -0.05) is 236 Å². The first-order chi connectivity index (χ1) is 59.6. The Labute approximate surface area is 720 Å². The fourth-order valence-electron chi connectivity index (χ4n) is 23.9. The van der Waals surface area contributed by atoms with Crippen molar-refractivity contribution in [1.82, 2.24) is 4.90 Å². The third-order valence-electron chi connectivity index (χ3n) is 29.8. The van der Waals surface area contributed by atoms with Gasteiger partial charge in [0.2, 0.25) is 0 Å². The van der Waals surface area contributed by atoms with Crippen molar-refractivity contribution in [2.75, 3.05) is 4.90 Å². The molecular weight excluding hydrogens is 1500 g/mol. The average Bonchev–Trinajstić information content (AvgIpc) is 1.54. The van der Waals surface area contributed by atoms with Crippen molar-refractivity contribution in [3.8, 4) is 16.9 Å². The molecule has 4 nitrogen and oxygen atoms in total. The molecule has 4 aromatic carbocycles. The highest BCUT2D eigenvalue weighted by molar-refractivity contribution is 8.01. The van der Waals surface area contributed by atoms with E-state index in [0.29, 0.717) is 53.8 Å². The van der Waals surface area contributed by atoms with Gasteiger partial charge in [-0.15, -0.1) is 18.3 Å². The standard InChI is InChI=1S/C114H110F2N2O2S/c1-3-75-29-57-97(58-30-75)119-99-61-41-87(42-62-99)113(85-21-7-5-8-22-85)107-27-13-11-25-101(107)103-65-53-93(71-109(103)113)117(91-49-37-79(38-50-91)83-19-15-17-81(69-83)77-33-45-89(115)46-34-77)95-55-67-105-106-68-56-96(74-112(106)121-111(105)73-95)118(92-51-39-80(40-52-92)84-20-16-18-82(70-84)78-35-47-90(116)48-36-78)94-54-66-104-102-26-12-14-28-108(102)114(110(104)72-94,86-23-9-6-10-24-86)88-43-63-100(64-44-88)120-98-59-31-76(4-2)32-60-98/h3-5,7,9,11,13-16,18-21,23-25,27-29,31-33,35-36,39,41-47,49,51,53,55-61,63,65,67-71,73-75,77,79,81,90,94,99-100,102,105-106,108,111-112H,1-2,6,8,10,12,17,22,26,30,34,37-38,40,48,50,52,54,62,64,66,72H2. The number of nitrogens with zero attached hydrogens (tertiary/aromatic N) is 2. The van der Waals surface area contributed by atoms with Gasteiger partial charge in [-0.25, -0.2) is 8.78 Å². The predicted molar refractivity (Wildman–Crippen MR) is 500 cm³/mol. The maximum absolute atomic E-state index is 14.4. The Kier molecular flexibility index (Phi) is 21.3. The van der Waals surface area contributed by atoms with Crippen molar-refractivity contribution in [2.24, 2.45) is 52.8 Å². The molecule has 0 radical (unpaired) electrons. The zero-order chi connectivity index (χ0) is 81.1. The highest BCUT2D eigenvalue weighted by Gasteiger charge is 2.58. The SMILES string of the molecule is C=Cc1ccc(OC2C=CC(C3(C4=CCCC=C4)C4=C(CCC(N(C5=CC6SC7C=C(N(C8=CCC(C9=CC(C%10C=CC(F)=CC%10)CC=C9)CC8)c8ccc9c(c8)C(C8=CCC(OC%10=CCC(C=C)C=C%10)C=C8)(C8=CC=CCC8)c8ccccc8-9)C=CC7C6C=C5)C5=CC=C(c6cccc(C7=CCC(F)C=C7)c6)CC5)C4)C4CCC=CC43)=CC2)cc1. The Morgan fingerprint density at radius 1 is 0.529 bits per heavy atom. The molecule has 21 rings (SSSR count). The topological polar surface area (TPSA) is 24.9 Å². The van der Waals surface area contributed by atoms with Crippen LogP contribution in [-0.2, 0) is 10.2 Å². The Morgan fingerprint density at radius 2 is 1.36 bits per heavy atom. The Hall–Kier alpha value is -10.7. The van der Waals surface area contributed by atoms with Crippen LogP contribution in [0.2, 0.25) is 0 Å². The van der Waals surface area contributed by atoms with E-state index in [1.54, 1.807) is 29.4 Å². The summed E-state index contributed by atoms with van der Waals surface area (Å²) in [6.07, 6.45) is 105. The largest absolute Gasteiger partial charge is 0.486 e. The fraction of sp³-hybridized carbons (Fsp3) is 0.316. The number of ether oxygens (including phenoxy) is 2. The predicted octanol–water partition coefficient (Wildman–Crippen LogP) is 28.6. The number of thioether (sulfide) groups is 1. The Bertz CT molecular complexity index is 5730. The van der Waals surface area contributed by atoms with E-state index in [4.69, 9.17) is 9.47 Å². The summed E-state index contributed by atoms with van der Waals surface area (Å²) >= 11 is 2.18. The van der Waals surface area contributed by atoms with E-state index in [-0.39, 0.29) is 40.0 Å². The molecule has 16 aliphatic carbocycles. The van der Waals surface area contributed by atoms with Crippen LogP contribution < -0.4 is 9.64 Å². The second-order valence-electron chi connectivity index (χ2n) is 36.4.